The number of anilines is 3. The highest BCUT2D eigenvalue weighted by Gasteiger charge is 2.19. The minimum atomic E-state index is -3.77. The number of benzene rings is 3. The van der Waals surface area contributed by atoms with Crippen molar-refractivity contribution in [1.29, 1.82) is 0 Å². The number of hydrogen-bond donors (Lipinski definition) is 1. The highest BCUT2D eigenvalue weighted by molar-refractivity contribution is 7.89. The van der Waals surface area contributed by atoms with Crippen LogP contribution in [0.4, 0.5) is 25.8 Å². The van der Waals surface area contributed by atoms with E-state index in [1.54, 1.807) is 53.4 Å². The van der Waals surface area contributed by atoms with Crippen LogP contribution in [0.25, 0.3) is 0 Å². The van der Waals surface area contributed by atoms with Gasteiger partial charge in [-0.3, -0.25) is 0 Å². The Labute approximate surface area is 178 Å². The summed E-state index contributed by atoms with van der Waals surface area (Å²) >= 11 is 0. The summed E-state index contributed by atoms with van der Waals surface area (Å²) < 4.78 is 60.8. The highest BCUT2D eigenvalue weighted by atomic mass is 32.2. The van der Waals surface area contributed by atoms with Gasteiger partial charge in [-0.25, -0.2) is 21.9 Å². The molecule has 3 aromatic carbocycles. The molecule has 0 bridgehead atoms. The summed E-state index contributed by atoms with van der Waals surface area (Å²) in [5.41, 5.74) is 1.29. The van der Waals surface area contributed by atoms with Gasteiger partial charge in [-0.2, -0.15) is 0 Å². The number of halogens is 2. The molecule has 0 amide bonds. The fraction of sp³-hybridized carbons (Fsp3) is 0.0435. The Hall–Kier alpha value is -3.49. The van der Waals surface area contributed by atoms with E-state index >= 15 is 0 Å². The second kappa shape index (κ2) is 8.71. The van der Waals surface area contributed by atoms with E-state index in [9.17, 15) is 17.2 Å². The Bertz CT molecular complexity index is 1260. The van der Waals surface area contributed by atoms with Crippen molar-refractivity contribution in [2.24, 2.45) is 0 Å². The first kappa shape index (κ1) is 20.8. The fourth-order valence-corrected chi connectivity index (χ4v) is 4.10. The Morgan fingerprint density at radius 1 is 0.839 bits per heavy atom. The quantitative estimate of drug-likeness (QED) is 0.412. The van der Waals surface area contributed by atoms with Gasteiger partial charge in [0.2, 0.25) is 10.0 Å². The number of nitrogens with one attached hydrogen (secondary N) is 1. The minimum Gasteiger partial charge on any atom is -0.468 e. The van der Waals surface area contributed by atoms with Gasteiger partial charge in [0.1, 0.15) is 17.4 Å². The van der Waals surface area contributed by atoms with E-state index < -0.39 is 21.7 Å². The van der Waals surface area contributed by atoms with Crippen molar-refractivity contribution in [3.05, 3.63) is 109 Å². The van der Waals surface area contributed by atoms with Crippen LogP contribution in [-0.2, 0) is 16.6 Å². The molecule has 5 nitrogen and oxygen atoms in total. The van der Waals surface area contributed by atoms with Crippen molar-refractivity contribution >= 4 is 27.1 Å². The predicted octanol–water partition coefficient (Wildman–Crippen LogP) is 5.51. The number of para-hydroxylation sites is 1. The lowest BCUT2D eigenvalue weighted by atomic mass is 10.2. The summed E-state index contributed by atoms with van der Waals surface area (Å²) in [5.74, 6) is -0.929. The molecule has 0 spiro atoms. The number of hydrogen-bond acceptors (Lipinski definition) is 4. The van der Waals surface area contributed by atoms with Crippen molar-refractivity contribution in [2.75, 3.05) is 4.90 Å². The van der Waals surface area contributed by atoms with Crippen molar-refractivity contribution in [1.82, 2.24) is 4.72 Å². The van der Waals surface area contributed by atoms with Crippen molar-refractivity contribution < 1.29 is 21.6 Å². The first-order valence-electron chi connectivity index (χ1n) is 9.36. The van der Waals surface area contributed by atoms with E-state index in [1.165, 1.54) is 30.5 Å². The largest absolute Gasteiger partial charge is 0.468 e. The molecular weight excluding hydrogens is 422 g/mol. The van der Waals surface area contributed by atoms with Gasteiger partial charge in [0.25, 0.3) is 0 Å². The highest BCUT2D eigenvalue weighted by Crippen LogP contribution is 2.36. The monoisotopic (exact) mass is 440 g/mol. The minimum absolute atomic E-state index is 0.0218. The topological polar surface area (TPSA) is 62.6 Å². The Morgan fingerprint density at radius 2 is 1.55 bits per heavy atom. The molecule has 0 aliphatic carbocycles. The second-order valence-corrected chi connectivity index (χ2v) is 8.43. The second-order valence-electron chi connectivity index (χ2n) is 6.66. The first-order valence-corrected chi connectivity index (χ1v) is 10.8. The van der Waals surface area contributed by atoms with Gasteiger partial charge in [-0.15, -0.1) is 0 Å². The summed E-state index contributed by atoms with van der Waals surface area (Å²) in [6, 6.07) is 21.6. The van der Waals surface area contributed by atoms with Gasteiger partial charge in [-0.05, 0) is 60.7 Å². The molecule has 0 aliphatic heterocycles. The molecule has 4 aromatic rings. The molecule has 0 atom stereocenters. The smallest absolute Gasteiger partial charge is 0.240 e. The molecular formula is C23H18F2N2O3S. The Morgan fingerprint density at radius 3 is 2.19 bits per heavy atom. The van der Waals surface area contributed by atoms with Crippen LogP contribution in [0.2, 0.25) is 0 Å². The molecule has 158 valence electrons. The summed E-state index contributed by atoms with van der Waals surface area (Å²) in [7, 11) is -3.77. The molecule has 0 aliphatic rings. The van der Waals surface area contributed by atoms with Gasteiger partial charge in [-0.1, -0.05) is 18.2 Å². The third-order valence-electron chi connectivity index (χ3n) is 4.59. The summed E-state index contributed by atoms with van der Waals surface area (Å²) in [4.78, 5) is 1.64. The third kappa shape index (κ3) is 4.65. The van der Waals surface area contributed by atoms with Crippen LogP contribution in [-0.4, -0.2) is 8.42 Å². The molecule has 31 heavy (non-hydrogen) atoms. The lowest BCUT2D eigenvalue weighted by Crippen LogP contribution is -2.23. The summed E-state index contributed by atoms with van der Waals surface area (Å²) in [5, 5.41) is 0. The van der Waals surface area contributed by atoms with Crippen molar-refractivity contribution in [2.45, 2.75) is 11.4 Å². The third-order valence-corrected chi connectivity index (χ3v) is 6.00. The average Bonchev–Trinajstić information content (AvgIpc) is 3.29. The standard InChI is InChI=1S/C23H18F2N2O3S/c24-17-8-13-23(22(25)15-17)27(18-5-2-1-3-6-18)19-9-11-21(12-10-19)31(28,29)26-16-20-7-4-14-30-20/h1-15,26H,16H2. The molecule has 0 unspecified atom stereocenters. The van der Waals surface area contributed by atoms with Crippen molar-refractivity contribution in [3.8, 4) is 0 Å². The molecule has 0 fully saturated rings. The summed E-state index contributed by atoms with van der Waals surface area (Å²) in [6.45, 7) is 0.0218. The van der Waals surface area contributed by atoms with E-state index in [1.807, 2.05) is 6.07 Å². The van der Waals surface area contributed by atoms with Crippen LogP contribution in [0.1, 0.15) is 5.76 Å². The lowest BCUT2D eigenvalue weighted by Gasteiger charge is -2.26. The SMILES string of the molecule is O=S(=O)(NCc1ccco1)c1ccc(N(c2ccccc2)c2ccc(F)cc2F)cc1. The van der Waals surface area contributed by atoms with Crippen LogP contribution in [0.5, 0.6) is 0 Å². The maximum atomic E-state index is 14.6. The van der Waals surface area contributed by atoms with Crippen LogP contribution in [0, 0.1) is 11.6 Å². The van der Waals surface area contributed by atoms with E-state index in [4.69, 9.17) is 4.42 Å². The Balaban J connectivity index is 1.67. The molecule has 4 rings (SSSR count). The lowest BCUT2D eigenvalue weighted by molar-refractivity contribution is 0.498. The fourth-order valence-electron chi connectivity index (χ4n) is 3.10. The zero-order valence-electron chi connectivity index (χ0n) is 16.2. The molecule has 1 heterocycles. The number of nitrogens with zero attached hydrogens (tertiary/aromatic N) is 1. The Kier molecular flexibility index (Phi) is 5.83. The van der Waals surface area contributed by atoms with Gasteiger partial charge in [0.05, 0.1) is 23.4 Å². The zero-order chi connectivity index (χ0) is 21.8. The van der Waals surface area contributed by atoms with E-state index in [-0.39, 0.29) is 17.1 Å². The van der Waals surface area contributed by atoms with Crippen LogP contribution in [0.3, 0.4) is 0 Å². The number of sulfonamides is 1. The van der Waals surface area contributed by atoms with Crippen molar-refractivity contribution in [3.63, 3.8) is 0 Å². The van der Waals surface area contributed by atoms with Crippen LogP contribution in [0.15, 0.2) is 101 Å². The average molecular weight is 440 g/mol. The van der Waals surface area contributed by atoms with Crippen LogP contribution >= 0.6 is 0 Å². The number of furan rings is 1. The zero-order valence-corrected chi connectivity index (χ0v) is 17.0. The van der Waals surface area contributed by atoms with Gasteiger partial charge in [0, 0.05) is 17.4 Å². The molecule has 0 saturated carbocycles. The van der Waals surface area contributed by atoms with Gasteiger partial charge >= 0.3 is 0 Å². The maximum Gasteiger partial charge on any atom is 0.240 e. The normalized spacial score (nSPS) is 11.4. The van der Waals surface area contributed by atoms with E-state index in [0.717, 1.165) is 6.07 Å². The maximum absolute atomic E-state index is 14.6. The van der Waals surface area contributed by atoms with Gasteiger partial charge < -0.3 is 9.32 Å². The summed E-state index contributed by atoms with van der Waals surface area (Å²) in [6.07, 6.45) is 1.46. The molecule has 1 aromatic heterocycles. The van der Waals surface area contributed by atoms with Crippen LogP contribution < -0.4 is 9.62 Å². The molecule has 1 N–H and O–H groups in total. The van der Waals surface area contributed by atoms with E-state index in [0.29, 0.717) is 17.1 Å². The molecule has 0 radical (unpaired) electrons. The molecule has 0 saturated heterocycles. The van der Waals surface area contributed by atoms with E-state index in [2.05, 4.69) is 4.72 Å². The molecule has 8 heteroatoms. The van der Waals surface area contributed by atoms with Gasteiger partial charge in [0.15, 0.2) is 0 Å². The predicted molar refractivity (Wildman–Crippen MR) is 114 cm³/mol. The number of rotatable bonds is 7. The first-order chi connectivity index (χ1) is 14.9.